The maximum absolute atomic E-state index is 12.8. The van der Waals surface area contributed by atoms with E-state index >= 15 is 0 Å². The Labute approximate surface area is 209 Å². The summed E-state index contributed by atoms with van der Waals surface area (Å²) in [5.74, 6) is 1.62. The molecule has 178 valence electrons. The SMILES string of the molecule is O=C(c1ccc(Cl)cc1)N1C[C@H](O)[C@@H](N2CCN(Cc3ccc(-c4ccccc4Cl)o3)CC2)C1. The van der Waals surface area contributed by atoms with E-state index in [0.29, 0.717) is 28.7 Å². The second kappa shape index (κ2) is 10.1. The Hall–Kier alpha value is -2.35. The first-order valence-electron chi connectivity index (χ1n) is 11.5. The van der Waals surface area contributed by atoms with Gasteiger partial charge in [0.05, 0.1) is 23.7 Å². The minimum atomic E-state index is -0.550. The maximum Gasteiger partial charge on any atom is 0.253 e. The Morgan fingerprint density at radius 3 is 2.41 bits per heavy atom. The van der Waals surface area contributed by atoms with Crippen molar-refractivity contribution in [2.45, 2.75) is 18.7 Å². The van der Waals surface area contributed by atoms with Crippen molar-refractivity contribution in [1.29, 1.82) is 0 Å². The third-order valence-corrected chi connectivity index (χ3v) is 7.28. The van der Waals surface area contributed by atoms with Crippen LogP contribution in [-0.4, -0.2) is 77.1 Å². The van der Waals surface area contributed by atoms with Gasteiger partial charge in [-0.3, -0.25) is 14.6 Å². The largest absolute Gasteiger partial charge is 0.460 e. The molecular weight excluding hydrogens is 473 g/mol. The predicted molar refractivity (Wildman–Crippen MR) is 133 cm³/mol. The van der Waals surface area contributed by atoms with Crippen LogP contribution in [0.4, 0.5) is 0 Å². The van der Waals surface area contributed by atoms with E-state index in [1.807, 2.05) is 36.4 Å². The molecule has 0 radical (unpaired) electrons. The number of nitrogens with zero attached hydrogens (tertiary/aromatic N) is 3. The number of aliphatic hydroxyl groups excluding tert-OH is 1. The Kier molecular flexibility index (Phi) is 6.95. The molecule has 1 aromatic heterocycles. The molecule has 0 aliphatic carbocycles. The number of likely N-dealkylation sites (tertiary alicyclic amines) is 1. The van der Waals surface area contributed by atoms with Crippen LogP contribution in [0.2, 0.25) is 10.0 Å². The van der Waals surface area contributed by atoms with Crippen LogP contribution < -0.4 is 0 Å². The number of piperazine rings is 1. The first-order chi connectivity index (χ1) is 16.5. The number of halogens is 2. The van der Waals surface area contributed by atoms with E-state index in [1.54, 1.807) is 29.2 Å². The van der Waals surface area contributed by atoms with Gasteiger partial charge >= 0.3 is 0 Å². The number of hydrogen-bond acceptors (Lipinski definition) is 5. The summed E-state index contributed by atoms with van der Waals surface area (Å²) >= 11 is 12.2. The molecule has 1 N–H and O–H groups in total. The van der Waals surface area contributed by atoms with E-state index < -0.39 is 6.10 Å². The molecule has 6 nitrogen and oxygen atoms in total. The Balaban J connectivity index is 1.15. The van der Waals surface area contributed by atoms with Crippen molar-refractivity contribution in [2.24, 2.45) is 0 Å². The van der Waals surface area contributed by atoms with Gasteiger partial charge in [0.2, 0.25) is 0 Å². The highest BCUT2D eigenvalue weighted by Crippen LogP contribution is 2.29. The van der Waals surface area contributed by atoms with Gasteiger partial charge in [0.15, 0.2) is 0 Å². The standard InChI is InChI=1S/C26H27Cl2N3O3/c27-19-7-5-18(6-8-19)26(33)31-16-23(24(32)17-31)30-13-11-29(12-14-30)15-20-9-10-25(34-20)21-3-1-2-4-22(21)28/h1-10,23-24,32H,11-17H2/t23-,24-/m0/s1. The molecule has 2 aliphatic rings. The van der Waals surface area contributed by atoms with Gasteiger partial charge < -0.3 is 14.4 Å². The van der Waals surface area contributed by atoms with Crippen molar-refractivity contribution in [3.8, 4) is 11.3 Å². The molecule has 8 heteroatoms. The molecule has 2 aliphatic heterocycles. The molecule has 2 atom stereocenters. The van der Waals surface area contributed by atoms with E-state index in [9.17, 15) is 9.90 Å². The Morgan fingerprint density at radius 2 is 1.68 bits per heavy atom. The predicted octanol–water partition coefficient (Wildman–Crippen LogP) is 4.26. The molecule has 2 saturated heterocycles. The number of benzene rings is 2. The zero-order chi connectivity index (χ0) is 23.7. The number of aliphatic hydroxyl groups is 1. The van der Waals surface area contributed by atoms with Crippen LogP contribution in [0.5, 0.6) is 0 Å². The zero-order valence-corrected chi connectivity index (χ0v) is 20.3. The molecular formula is C26H27Cl2N3O3. The minimum absolute atomic E-state index is 0.0474. The second-order valence-corrected chi connectivity index (χ2v) is 9.75. The summed E-state index contributed by atoms with van der Waals surface area (Å²) in [6.45, 7) is 5.02. The monoisotopic (exact) mass is 499 g/mol. The lowest BCUT2D eigenvalue weighted by Gasteiger charge is -2.38. The van der Waals surface area contributed by atoms with Gasteiger partial charge in [-0.15, -0.1) is 0 Å². The summed E-state index contributed by atoms with van der Waals surface area (Å²) in [5.41, 5.74) is 1.49. The second-order valence-electron chi connectivity index (χ2n) is 8.91. The van der Waals surface area contributed by atoms with Gasteiger partial charge in [0.1, 0.15) is 11.5 Å². The minimum Gasteiger partial charge on any atom is -0.460 e. The van der Waals surface area contributed by atoms with Crippen LogP contribution in [-0.2, 0) is 6.54 Å². The molecule has 34 heavy (non-hydrogen) atoms. The molecule has 0 unspecified atom stereocenters. The van der Waals surface area contributed by atoms with Crippen molar-refractivity contribution < 1.29 is 14.3 Å². The summed E-state index contributed by atoms with van der Waals surface area (Å²) in [7, 11) is 0. The van der Waals surface area contributed by atoms with Gasteiger partial charge in [-0.05, 0) is 48.5 Å². The molecule has 2 aromatic carbocycles. The molecule has 0 saturated carbocycles. The number of carbonyl (C=O) groups is 1. The van der Waals surface area contributed by atoms with Crippen molar-refractivity contribution in [3.05, 3.63) is 82.0 Å². The fourth-order valence-electron chi connectivity index (χ4n) is 4.81. The van der Waals surface area contributed by atoms with Crippen molar-refractivity contribution >= 4 is 29.1 Å². The summed E-state index contributed by atoms with van der Waals surface area (Å²) in [6, 6.07) is 18.5. The first kappa shape index (κ1) is 23.4. The molecule has 1 amide bonds. The lowest BCUT2D eigenvalue weighted by atomic mass is 10.1. The zero-order valence-electron chi connectivity index (χ0n) is 18.7. The smallest absolute Gasteiger partial charge is 0.253 e. The molecule has 0 bridgehead atoms. The summed E-state index contributed by atoms with van der Waals surface area (Å²) in [5, 5.41) is 12.0. The highest BCUT2D eigenvalue weighted by molar-refractivity contribution is 6.33. The number of β-amino-alcohol motifs (C(OH)–C–C–N with tert-alkyl or cyclic N) is 1. The fourth-order valence-corrected chi connectivity index (χ4v) is 5.17. The average molecular weight is 500 g/mol. The quantitative estimate of drug-likeness (QED) is 0.568. The van der Waals surface area contributed by atoms with Gasteiger partial charge in [-0.1, -0.05) is 35.3 Å². The highest BCUT2D eigenvalue weighted by Gasteiger charge is 2.38. The molecule has 0 spiro atoms. The highest BCUT2D eigenvalue weighted by atomic mass is 35.5. The van der Waals surface area contributed by atoms with E-state index in [2.05, 4.69) is 9.80 Å². The lowest BCUT2D eigenvalue weighted by Crippen LogP contribution is -2.53. The third-order valence-electron chi connectivity index (χ3n) is 6.69. The van der Waals surface area contributed by atoms with Crippen molar-refractivity contribution in [1.82, 2.24) is 14.7 Å². The Bertz CT molecular complexity index is 1140. The van der Waals surface area contributed by atoms with E-state index in [0.717, 1.165) is 49.8 Å². The van der Waals surface area contributed by atoms with E-state index in [-0.39, 0.29) is 11.9 Å². The van der Waals surface area contributed by atoms with Crippen LogP contribution in [0, 0.1) is 0 Å². The number of amides is 1. The van der Waals surface area contributed by atoms with Gasteiger partial charge in [0, 0.05) is 55.4 Å². The number of hydrogen-bond donors (Lipinski definition) is 1. The van der Waals surface area contributed by atoms with Crippen LogP contribution in [0.1, 0.15) is 16.1 Å². The summed E-state index contributed by atoms with van der Waals surface area (Å²) < 4.78 is 6.05. The lowest BCUT2D eigenvalue weighted by molar-refractivity contribution is 0.0406. The number of carbonyl (C=O) groups excluding carboxylic acids is 1. The third kappa shape index (κ3) is 5.02. The number of furan rings is 1. The fraction of sp³-hybridized carbons (Fsp3) is 0.346. The first-order valence-corrected chi connectivity index (χ1v) is 12.3. The molecule has 2 fully saturated rings. The molecule has 5 rings (SSSR count). The van der Waals surface area contributed by atoms with Crippen LogP contribution in [0.25, 0.3) is 11.3 Å². The summed E-state index contributed by atoms with van der Waals surface area (Å²) in [4.78, 5) is 19.2. The van der Waals surface area contributed by atoms with Crippen molar-refractivity contribution in [2.75, 3.05) is 39.3 Å². The van der Waals surface area contributed by atoms with Crippen LogP contribution in [0.3, 0.4) is 0 Å². The normalized spacial score (nSPS) is 21.8. The average Bonchev–Trinajstić information content (AvgIpc) is 3.47. The number of rotatable bonds is 5. The summed E-state index contributed by atoms with van der Waals surface area (Å²) in [6.07, 6.45) is -0.550. The van der Waals surface area contributed by atoms with Gasteiger partial charge in [0.25, 0.3) is 5.91 Å². The van der Waals surface area contributed by atoms with Gasteiger partial charge in [-0.2, -0.15) is 0 Å². The molecule has 3 aromatic rings. The van der Waals surface area contributed by atoms with Gasteiger partial charge in [-0.25, -0.2) is 0 Å². The van der Waals surface area contributed by atoms with Crippen LogP contribution in [0.15, 0.2) is 65.1 Å². The van der Waals surface area contributed by atoms with Crippen LogP contribution >= 0.6 is 23.2 Å². The van der Waals surface area contributed by atoms with E-state index in [4.69, 9.17) is 27.6 Å². The topological polar surface area (TPSA) is 60.2 Å². The van der Waals surface area contributed by atoms with Crippen molar-refractivity contribution in [3.63, 3.8) is 0 Å². The molecule has 3 heterocycles. The maximum atomic E-state index is 12.8. The van der Waals surface area contributed by atoms with E-state index in [1.165, 1.54) is 0 Å². The Morgan fingerprint density at radius 1 is 0.941 bits per heavy atom.